The van der Waals surface area contributed by atoms with E-state index in [-0.39, 0.29) is 12.2 Å². The Labute approximate surface area is 115 Å². The number of nitrogens with one attached hydrogen (secondary N) is 1. The first-order chi connectivity index (χ1) is 9.51. The Morgan fingerprint density at radius 1 is 1.10 bits per heavy atom. The molecule has 2 nitrogen and oxygen atoms in total. The maximum atomic E-state index is 13.5. The Morgan fingerprint density at radius 3 is 2.55 bits per heavy atom. The summed E-state index contributed by atoms with van der Waals surface area (Å²) >= 11 is 0. The fourth-order valence-electron chi connectivity index (χ4n) is 1.92. The van der Waals surface area contributed by atoms with Crippen LogP contribution in [0.5, 0.6) is 5.75 Å². The summed E-state index contributed by atoms with van der Waals surface area (Å²) < 4.78 is 44.9. The standard InChI is InChI=1S/C15H14F3NO/c1-9-3-4-14(20-2)10(5-9)8-19-13-7-11(16)6-12(17)15(13)18/h3-7,19H,8H2,1-2H3. The van der Waals surface area contributed by atoms with Gasteiger partial charge in [0.1, 0.15) is 11.6 Å². The SMILES string of the molecule is COc1ccc(C)cc1CNc1cc(F)cc(F)c1F. The predicted octanol–water partition coefficient (Wildman–Crippen LogP) is 4.03. The van der Waals surface area contributed by atoms with E-state index >= 15 is 0 Å². The lowest BCUT2D eigenvalue weighted by atomic mass is 10.1. The summed E-state index contributed by atoms with van der Waals surface area (Å²) in [5, 5.41) is 2.68. The Bertz CT molecular complexity index is 629. The van der Waals surface area contributed by atoms with Gasteiger partial charge in [0.25, 0.3) is 0 Å². The molecule has 0 heterocycles. The summed E-state index contributed by atoms with van der Waals surface area (Å²) in [4.78, 5) is 0. The minimum atomic E-state index is -1.22. The van der Waals surface area contributed by atoms with Gasteiger partial charge in [0, 0.05) is 24.2 Å². The van der Waals surface area contributed by atoms with Crippen molar-refractivity contribution < 1.29 is 17.9 Å². The van der Waals surface area contributed by atoms with Crippen molar-refractivity contribution >= 4 is 5.69 Å². The highest BCUT2D eigenvalue weighted by atomic mass is 19.2. The molecule has 2 rings (SSSR count). The largest absolute Gasteiger partial charge is 0.496 e. The number of aryl methyl sites for hydroxylation is 1. The zero-order chi connectivity index (χ0) is 14.7. The van der Waals surface area contributed by atoms with Gasteiger partial charge in [-0.25, -0.2) is 13.2 Å². The Balaban J connectivity index is 2.23. The summed E-state index contributed by atoms with van der Waals surface area (Å²) in [5.41, 5.74) is 1.57. The average molecular weight is 281 g/mol. The molecule has 0 atom stereocenters. The van der Waals surface area contributed by atoms with E-state index in [2.05, 4.69) is 5.32 Å². The lowest BCUT2D eigenvalue weighted by molar-refractivity contribution is 0.410. The average Bonchev–Trinajstić information content (AvgIpc) is 2.41. The molecule has 0 fully saturated rings. The molecule has 0 saturated carbocycles. The number of hydrogen-bond acceptors (Lipinski definition) is 2. The van der Waals surface area contributed by atoms with Gasteiger partial charge < -0.3 is 10.1 Å². The molecule has 0 bridgehead atoms. The zero-order valence-corrected chi connectivity index (χ0v) is 11.1. The van der Waals surface area contributed by atoms with E-state index in [1.54, 1.807) is 6.07 Å². The number of benzene rings is 2. The van der Waals surface area contributed by atoms with E-state index in [9.17, 15) is 13.2 Å². The molecule has 0 aliphatic rings. The Kier molecular flexibility index (Phi) is 4.17. The van der Waals surface area contributed by atoms with Crippen molar-refractivity contribution in [1.29, 1.82) is 0 Å². The van der Waals surface area contributed by atoms with Crippen molar-refractivity contribution in [3.63, 3.8) is 0 Å². The Morgan fingerprint density at radius 2 is 1.85 bits per heavy atom. The summed E-state index contributed by atoms with van der Waals surface area (Å²) in [6, 6.07) is 6.95. The quantitative estimate of drug-likeness (QED) is 0.854. The van der Waals surface area contributed by atoms with Gasteiger partial charge in [0.2, 0.25) is 0 Å². The molecule has 5 heteroatoms. The van der Waals surface area contributed by atoms with E-state index < -0.39 is 17.5 Å². The third kappa shape index (κ3) is 3.04. The molecule has 106 valence electrons. The molecule has 0 unspecified atom stereocenters. The van der Waals surface area contributed by atoms with Crippen molar-refractivity contribution in [2.24, 2.45) is 0 Å². The third-order valence-corrected chi connectivity index (χ3v) is 2.90. The van der Waals surface area contributed by atoms with Crippen molar-refractivity contribution in [2.45, 2.75) is 13.5 Å². The number of ether oxygens (including phenoxy) is 1. The van der Waals surface area contributed by atoms with Crippen LogP contribution in [0.25, 0.3) is 0 Å². The first-order valence-corrected chi connectivity index (χ1v) is 6.03. The highest BCUT2D eigenvalue weighted by Gasteiger charge is 2.11. The summed E-state index contributed by atoms with van der Waals surface area (Å²) in [5.74, 6) is -2.52. The second-order valence-corrected chi connectivity index (χ2v) is 4.42. The van der Waals surface area contributed by atoms with Crippen LogP contribution in [-0.2, 0) is 6.54 Å². The number of methoxy groups -OCH3 is 1. The molecule has 0 radical (unpaired) electrons. The van der Waals surface area contributed by atoms with Gasteiger partial charge in [-0.15, -0.1) is 0 Å². The second kappa shape index (κ2) is 5.86. The number of hydrogen-bond donors (Lipinski definition) is 1. The molecule has 2 aromatic rings. The smallest absolute Gasteiger partial charge is 0.182 e. The van der Waals surface area contributed by atoms with Crippen molar-refractivity contribution in [2.75, 3.05) is 12.4 Å². The van der Waals surface area contributed by atoms with Gasteiger partial charge in [-0.2, -0.15) is 0 Å². The summed E-state index contributed by atoms with van der Waals surface area (Å²) in [6.45, 7) is 2.11. The van der Waals surface area contributed by atoms with Crippen LogP contribution in [0.4, 0.5) is 18.9 Å². The van der Waals surface area contributed by atoms with Crippen LogP contribution in [0.2, 0.25) is 0 Å². The molecular weight excluding hydrogens is 267 g/mol. The van der Waals surface area contributed by atoms with Crippen LogP contribution in [0.1, 0.15) is 11.1 Å². The molecular formula is C15H14F3NO. The minimum Gasteiger partial charge on any atom is -0.496 e. The topological polar surface area (TPSA) is 21.3 Å². The fraction of sp³-hybridized carbons (Fsp3) is 0.200. The van der Waals surface area contributed by atoms with Gasteiger partial charge in [0.15, 0.2) is 11.6 Å². The van der Waals surface area contributed by atoms with Crippen LogP contribution >= 0.6 is 0 Å². The number of halogens is 3. The van der Waals surface area contributed by atoms with Gasteiger partial charge in [-0.3, -0.25) is 0 Å². The van der Waals surface area contributed by atoms with Crippen molar-refractivity contribution in [3.8, 4) is 5.75 Å². The van der Waals surface area contributed by atoms with Crippen LogP contribution in [0.15, 0.2) is 30.3 Å². The van der Waals surface area contributed by atoms with Crippen LogP contribution in [-0.4, -0.2) is 7.11 Å². The van der Waals surface area contributed by atoms with Crippen LogP contribution < -0.4 is 10.1 Å². The minimum absolute atomic E-state index is 0.199. The maximum Gasteiger partial charge on any atom is 0.182 e. The third-order valence-electron chi connectivity index (χ3n) is 2.90. The van der Waals surface area contributed by atoms with Crippen molar-refractivity contribution in [3.05, 3.63) is 58.9 Å². The molecule has 0 spiro atoms. The molecule has 1 N–H and O–H groups in total. The van der Waals surface area contributed by atoms with Crippen LogP contribution in [0, 0.1) is 24.4 Å². The lowest BCUT2D eigenvalue weighted by Crippen LogP contribution is -2.05. The lowest BCUT2D eigenvalue weighted by Gasteiger charge is -2.12. The summed E-state index contributed by atoms with van der Waals surface area (Å²) in [6.07, 6.45) is 0. The monoisotopic (exact) mass is 281 g/mol. The first-order valence-electron chi connectivity index (χ1n) is 6.03. The van der Waals surface area contributed by atoms with Gasteiger partial charge in [0.05, 0.1) is 12.8 Å². The molecule has 0 amide bonds. The number of anilines is 1. The van der Waals surface area contributed by atoms with Gasteiger partial charge in [-0.1, -0.05) is 17.7 Å². The van der Waals surface area contributed by atoms with Crippen LogP contribution in [0.3, 0.4) is 0 Å². The molecule has 20 heavy (non-hydrogen) atoms. The van der Waals surface area contributed by atoms with Gasteiger partial charge in [-0.05, 0) is 13.0 Å². The predicted molar refractivity (Wildman–Crippen MR) is 71.4 cm³/mol. The van der Waals surface area contributed by atoms with E-state index in [0.29, 0.717) is 11.8 Å². The second-order valence-electron chi connectivity index (χ2n) is 4.42. The summed E-state index contributed by atoms with van der Waals surface area (Å²) in [7, 11) is 1.52. The van der Waals surface area contributed by atoms with E-state index in [1.807, 2.05) is 19.1 Å². The maximum absolute atomic E-state index is 13.5. The Hall–Kier alpha value is -2.17. The first kappa shape index (κ1) is 14.2. The van der Waals surface area contributed by atoms with Crippen molar-refractivity contribution in [1.82, 2.24) is 0 Å². The van der Waals surface area contributed by atoms with E-state index in [1.165, 1.54) is 7.11 Å². The zero-order valence-electron chi connectivity index (χ0n) is 11.1. The molecule has 0 saturated heterocycles. The normalized spacial score (nSPS) is 10.4. The van der Waals surface area contributed by atoms with E-state index in [0.717, 1.165) is 17.2 Å². The van der Waals surface area contributed by atoms with Gasteiger partial charge >= 0.3 is 0 Å². The molecule has 2 aromatic carbocycles. The molecule has 0 aromatic heterocycles. The molecule has 0 aliphatic carbocycles. The van der Waals surface area contributed by atoms with E-state index in [4.69, 9.17) is 4.74 Å². The molecule has 0 aliphatic heterocycles. The fourth-order valence-corrected chi connectivity index (χ4v) is 1.92. The number of rotatable bonds is 4. The highest BCUT2D eigenvalue weighted by Crippen LogP contribution is 2.23. The highest BCUT2D eigenvalue weighted by molar-refractivity contribution is 5.47.